The third-order valence-corrected chi connectivity index (χ3v) is 4.00. The van der Waals surface area contributed by atoms with E-state index < -0.39 is 0 Å². The fourth-order valence-corrected chi connectivity index (χ4v) is 2.75. The van der Waals surface area contributed by atoms with Gasteiger partial charge in [-0.3, -0.25) is 0 Å². The van der Waals surface area contributed by atoms with Gasteiger partial charge in [-0.25, -0.2) is 4.98 Å². The normalized spacial score (nSPS) is 10.3. The van der Waals surface area contributed by atoms with Gasteiger partial charge in [-0.15, -0.1) is 0 Å². The van der Waals surface area contributed by atoms with Gasteiger partial charge in [-0.2, -0.15) is 4.98 Å². The van der Waals surface area contributed by atoms with Crippen molar-refractivity contribution < 1.29 is 4.74 Å². The van der Waals surface area contributed by atoms with Crippen LogP contribution in [0.25, 0.3) is 0 Å². The number of anilines is 4. The van der Waals surface area contributed by atoms with Crippen molar-refractivity contribution in [3.8, 4) is 11.5 Å². The summed E-state index contributed by atoms with van der Waals surface area (Å²) in [6.45, 7) is 1.94. The molecule has 1 heterocycles. The van der Waals surface area contributed by atoms with Crippen LogP contribution in [0.1, 0.15) is 5.69 Å². The van der Waals surface area contributed by atoms with Gasteiger partial charge in [0.15, 0.2) is 5.75 Å². The second-order valence-electron chi connectivity index (χ2n) is 6.25. The molecule has 5 nitrogen and oxygen atoms in total. The summed E-state index contributed by atoms with van der Waals surface area (Å²) in [7, 11) is 0. The fourth-order valence-electron chi connectivity index (χ4n) is 2.75. The maximum absolute atomic E-state index is 6.00. The van der Waals surface area contributed by atoms with Crippen molar-refractivity contribution >= 4 is 23.1 Å². The van der Waals surface area contributed by atoms with E-state index in [4.69, 9.17) is 4.74 Å². The Labute approximate surface area is 164 Å². The number of aryl methyl sites for hydroxylation is 1. The SMILES string of the molecule is Cc1cc(Nc2ccccc2)nc(Nc2ccccc2Oc2ccccc2)n1. The monoisotopic (exact) mass is 368 g/mol. The molecule has 0 fully saturated rings. The summed E-state index contributed by atoms with van der Waals surface area (Å²) in [6.07, 6.45) is 0. The van der Waals surface area contributed by atoms with Crippen LogP contribution in [0.3, 0.4) is 0 Å². The molecule has 28 heavy (non-hydrogen) atoms. The molecule has 0 amide bonds. The van der Waals surface area contributed by atoms with Crippen molar-refractivity contribution in [3.05, 3.63) is 96.7 Å². The van der Waals surface area contributed by atoms with Crippen LogP contribution < -0.4 is 15.4 Å². The molecule has 4 rings (SSSR count). The van der Waals surface area contributed by atoms with E-state index in [0.717, 1.165) is 28.6 Å². The van der Waals surface area contributed by atoms with Crippen LogP contribution in [0.4, 0.5) is 23.1 Å². The van der Waals surface area contributed by atoms with Gasteiger partial charge in [0.1, 0.15) is 11.6 Å². The maximum atomic E-state index is 6.00. The van der Waals surface area contributed by atoms with Crippen molar-refractivity contribution in [2.45, 2.75) is 6.92 Å². The van der Waals surface area contributed by atoms with E-state index in [1.165, 1.54) is 0 Å². The molecule has 4 aromatic rings. The van der Waals surface area contributed by atoms with Crippen molar-refractivity contribution in [3.63, 3.8) is 0 Å². The smallest absolute Gasteiger partial charge is 0.229 e. The van der Waals surface area contributed by atoms with E-state index >= 15 is 0 Å². The molecule has 0 unspecified atom stereocenters. The second kappa shape index (κ2) is 8.22. The Balaban J connectivity index is 1.58. The van der Waals surface area contributed by atoms with Crippen LogP contribution in [0, 0.1) is 6.92 Å². The number of hydrogen-bond donors (Lipinski definition) is 2. The van der Waals surface area contributed by atoms with Gasteiger partial charge < -0.3 is 15.4 Å². The number of benzene rings is 3. The first-order chi connectivity index (χ1) is 13.8. The van der Waals surface area contributed by atoms with Crippen LogP contribution in [-0.2, 0) is 0 Å². The topological polar surface area (TPSA) is 59.1 Å². The van der Waals surface area contributed by atoms with E-state index in [2.05, 4.69) is 20.6 Å². The number of rotatable bonds is 6. The predicted molar refractivity (Wildman–Crippen MR) is 113 cm³/mol. The molecule has 138 valence electrons. The second-order valence-corrected chi connectivity index (χ2v) is 6.25. The Kier molecular flexibility index (Phi) is 5.15. The zero-order valence-electron chi connectivity index (χ0n) is 15.5. The maximum Gasteiger partial charge on any atom is 0.229 e. The van der Waals surface area contributed by atoms with Crippen molar-refractivity contribution in [2.24, 2.45) is 0 Å². The first-order valence-electron chi connectivity index (χ1n) is 9.03. The van der Waals surface area contributed by atoms with E-state index in [1.54, 1.807) is 0 Å². The zero-order chi connectivity index (χ0) is 19.2. The third kappa shape index (κ3) is 4.45. The van der Waals surface area contributed by atoms with Crippen LogP contribution in [0.2, 0.25) is 0 Å². The highest BCUT2D eigenvalue weighted by Crippen LogP contribution is 2.31. The molecule has 0 aliphatic heterocycles. The molecule has 2 N–H and O–H groups in total. The van der Waals surface area contributed by atoms with E-state index in [-0.39, 0.29) is 0 Å². The standard InChI is InChI=1S/C23H20N4O/c1-17-16-22(25-18-10-4-2-5-11-18)27-23(24-17)26-20-14-8-9-15-21(20)28-19-12-6-3-7-13-19/h2-16H,1H3,(H2,24,25,26,27). The van der Waals surface area contributed by atoms with Gasteiger partial charge in [0.05, 0.1) is 5.69 Å². The molecule has 5 heteroatoms. The number of hydrogen-bond acceptors (Lipinski definition) is 5. The van der Waals surface area contributed by atoms with Gasteiger partial charge in [0.25, 0.3) is 0 Å². The Morgan fingerprint density at radius 2 is 1.39 bits per heavy atom. The molecule has 0 aliphatic carbocycles. The number of nitrogens with one attached hydrogen (secondary N) is 2. The lowest BCUT2D eigenvalue weighted by molar-refractivity contribution is 0.485. The van der Waals surface area contributed by atoms with Gasteiger partial charge in [0, 0.05) is 17.4 Å². The lowest BCUT2D eigenvalue weighted by atomic mass is 10.3. The minimum Gasteiger partial charge on any atom is -0.455 e. The number of aromatic nitrogens is 2. The summed E-state index contributed by atoms with van der Waals surface area (Å²) in [6, 6.07) is 29.2. The summed E-state index contributed by atoms with van der Waals surface area (Å²) in [5.74, 6) is 2.70. The first-order valence-corrected chi connectivity index (χ1v) is 9.03. The Hall–Kier alpha value is -3.86. The highest BCUT2D eigenvalue weighted by atomic mass is 16.5. The van der Waals surface area contributed by atoms with Crippen molar-refractivity contribution in [1.29, 1.82) is 0 Å². The lowest BCUT2D eigenvalue weighted by Gasteiger charge is -2.13. The van der Waals surface area contributed by atoms with Crippen LogP contribution >= 0.6 is 0 Å². The Morgan fingerprint density at radius 1 is 0.714 bits per heavy atom. The predicted octanol–water partition coefficient (Wildman–Crippen LogP) is 6.06. The molecule has 0 spiro atoms. The van der Waals surface area contributed by atoms with Gasteiger partial charge in [-0.1, -0.05) is 48.5 Å². The fraction of sp³-hybridized carbons (Fsp3) is 0.0435. The minimum atomic E-state index is 0.502. The molecule has 0 bridgehead atoms. The molecule has 0 radical (unpaired) electrons. The van der Waals surface area contributed by atoms with Crippen LogP contribution in [0.5, 0.6) is 11.5 Å². The number of para-hydroxylation sites is 4. The molecule has 0 saturated heterocycles. The van der Waals surface area contributed by atoms with Crippen LogP contribution in [-0.4, -0.2) is 9.97 Å². The summed E-state index contributed by atoms with van der Waals surface area (Å²) >= 11 is 0. The Morgan fingerprint density at radius 3 is 2.18 bits per heavy atom. The van der Waals surface area contributed by atoms with Crippen molar-refractivity contribution in [2.75, 3.05) is 10.6 Å². The first kappa shape index (κ1) is 17.5. The summed E-state index contributed by atoms with van der Waals surface area (Å²) in [4.78, 5) is 9.08. The highest BCUT2D eigenvalue weighted by molar-refractivity contribution is 5.65. The third-order valence-electron chi connectivity index (χ3n) is 4.00. The average Bonchev–Trinajstić information content (AvgIpc) is 2.71. The molecular formula is C23H20N4O. The quantitative estimate of drug-likeness (QED) is 0.433. The van der Waals surface area contributed by atoms with E-state index in [0.29, 0.717) is 11.7 Å². The molecule has 0 aliphatic rings. The summed E-state index contributed by atoms with van der Waals surface area (Å²) in [5, 5.41) is 6.58. The molecule has 3 aromatic carbocycles. The van der Waals surface area contributed by atoms with Gasteiger partial charge >= 0.3 is 0 Å². The van der Waals surface area contributed by atoms with Crippen molar-refractivity contribution in [1.82, 2.24) is 9.97 Å². The highest BCUT2D eigenvalue weighted by Gasteiger charge is 2.08. The largest absolute Gasteiger partial charge is 0.455 e. The summed E-state index contributed by atoms with van der Waals surface area (Å²) < 4.78 is 6.00. The Bertz CT molecular complexity index is 1050. The van der Waals surface area contributed by atoms with E-state index in [1.807, 2.05) is 97.9 Å². The lowest BCUT2D eigenvalue weighted by Crippen LogP contribution is -2.03. The minimum absolute atomic E-state index is 0.502. The van der Waals surface area contributed by atoms with Gasteiger partial charge in [-0.05, 0) is 43.3 Å². The average molecular weight is 368 g/mol. The van der Waals surface area contributed by atoms with E-state index in [9.17, 15) is 0 Å². The molecule has 0 atom stereocenters. The zero-order valence-corrected chi connectivity index (χ0v) is 15.5. The van der Waals surface area contributed by atoms with Gasteiger partial charge in [0.2, 0.25) is 5.95 Å². The number of ether oxygens (including phenoxy) is 1. The van der Waals surface area contributed by atoms with Crippen LogP contribution in [0.15, 0.2) is 91.0 Å². The molecule has 0 saturated carbocycles. The summed E-state index contributed by atoms with van der Waals surface area (Å²) in [5.41, 5.74) is 2.62. The number of nitrogens with zero attached hydrogens (tertiary/aromatic N) is 2. The molecular weight excluding hydrogens is 348 g/mol. The molecule has 1 aromatic heterocycles.